The predicted octanol–water partition coefficient (Wildman–Crippen LogP) is 1.95. The molecule has 0 saturated carbocycles. The van der Waals surface area contributed by atoms with Crippen LogP contribution in [-0.4, -0.2) is 24.0 Å². The van der Waals surface area contributed by atoms with Gasteiger partial charge in [0.2, 0.25) is 0 Å². The number of carbonyl (C=O) groups excluding carboxylic acids is 1. The van der Waals surface area contributed by atoms with Crippen molar-refractivity contribution in [2.24, 2.45) is 11.7 Å². The van der Waals surface area contributed by atoms with Gasteiger partial charge in [0.1, 0.15) is 0 Å². The number of nitrogens with two attached hydrogens (primary N) is 1. The highest BCUT2D eigenvalue weighted by Gasteiger charge is 2.10. The third-order valence-corrected chi connectivity index (χ3v) is 3.16. The van der Waals surface area contributed by atoms with Crippen molar-refractivity contribution < 1.29 is 4.79 Å². The van der Waals surface area contributed by atoms with Crippen LogP contribution in [0, 0.1) is 5.92 Å². The van der Waals surface area contributed by atoms with Gasteiger partial charge in [-0.2, -0.15) is 0 Å². The third-order valence-electron chi connectivity index (χ3n) is 3.16. The van der Waals surface area contributed by atoms with Crippen molar-refractivity contribution in [1.29, 1.82) is 0 Å². The molecule has 0 saturated heterocycles. The molecule has 0 bridgehead atoms. The van der Waals surface area contributed by atoms with Gasteiger partial charge in [-0.1, -0.05) is 19.1 Å². The van der Waals surface area contributed by atoms with E-state index in [0.717, 1.165) is 17.3 Å². The molecule has 1 amide bonds. The predicted molar refractivity (Wildman–Crippen MR) is 76.9 cm³/mol. The fourth-order valence-electron chi connectivity index (χ4n) is 2.05. The van der Waals surface area contributed by atoms with Crippen molar-refractivity contribution in [3.8, 4) is 0 Å². The third kappa shape index (κ3) is 3.29. The van der Waals surface area contributed by atoms with Crippen LogP contribution in [0.1, 0.15) is 23.7 Å². The van der Waals surface area contributed by atoms with E-state index < -0.39 is 0 Å². The number of pyridine rings is 1. The summed E-state index contributed by atoms with van der Waals surface area (Å²) in [5.74, 6) is 0.338. The Morgan fingerprint density at radius 2 is 2.21 bits per heavy atom. The first-order chi connectivity index (χ1) is 9.22. The maximum absolute atomic E-state index is 12.2. The molecular formula is C15H19N3O. The maximum atomic E-state index is 12.2. The molecule has 1 aromatic heterocycles. The summed E-state index contributed by atoms with van der Waals surface area (Å²) in [5.41, 5.74) is 7.01. The molecule has 4 nitrogen and oxygen atoms in total. The first kappa shape index (κ1) is 13.5. The number of rotatable bonds is 5. The lowest BCUT2D eigenvalue weighted by Crippen LogP contribution is -2.29. The smallest absolute Gasteiger partial charge is 0.251 e. The normalized spacial score (nSPS) is 12.3. The molecular weight excluding hydrogens is 238 g/mol. The van der Waals surface area contributed by atoms with Gasteiger partial charge < -0.3 is 11.1 Å². The number of hydrogen-bond acceptors (Lipinski definition) is 3. The molecule has 0 fully saturated rings. The number of hydrogen-bond donors (Lipinski definition) is 2. The van der Waals surface area contributed by atoms with E-state index >= 15 is 0 Å². The van der Waals surface area contributed by atoms with Crippen LogP contribution in [0.3, 0.4) is 0 Å². The molecule has 100 valence electrons. The van der Waals surface area contributed by atoms with Crippen LogP contribution >= 0.6 is 0 Å². The van der Waals surface area contributed by atoms with Gasteiger partial charge in [-0.3, -0.25) is 9.78 Å². The monoisotopic (exact) mass is 257 g/mol. The van der Waals surface area contributed by atoms with Crippen molar-refractivity contribution in [3.05, 3.63) is 42.1 Å². The van der Waals surface area contributed by atoms with E-state index in [1.54, 1.807) is 6.20 Å². The molecule has 19 heavy (non-hydrogen) atoms. The molecule has 4 heteroatoms. The molecule has 3 N–H and O–H groups in total. The molecule has 1 unspecified atom stereocenters. The van der Waals surface area contributed by atoms with Gasteiger partial charge in [-0.15, -0.1) is 0 Å². The number of benzene rings is 1. The van der Waals surface area contributed by atoms with Crippen LogP contribution in [-0.2, 0) is 0 Å². The lowest BCUT2D eigenvalue weighted by Gasteiger charge is -2.12. The van der Waals surface area contributed by atoms with Crippen molar-refractivity contribution in [2.45, 2.75) is 13.3 Å². The first-order valence-electron chi connectivity index (χ1n) is 6.54. The number of aromatic nitrogens is 1. The Balaban J connectivity index is 2.13. The maximum Gasteiger partial charge on any atom is 0.251 e. The zero-order chi connectivity index (χ0) is 13.7. The van der Waals surface area contributed by atoms with Crippen LogP contribution < -0.4 is 11.1 Å². The molecule has 0 aliphatic heterocycles. The number of nitrogens with zero attached hydrogens (tertiary/aromatic N) is 1. The van der Waals surface area contributed by atoms with Gasteiger partial charge in [0, 0.05) is 23.7 Å². The van der Waals surface area contributed by atoms with Crippen LogP contribution in [0.15, 0.2) is 36.5 Å². The van der Waals surface area contributed by atoms with Crippen LogP contribution in [0.25, 0.3) is 10.9 Å². The summed E-state index contributed by atoms with van der Waals surface area (Å²) in [6.45, 7) is 3.37. The van der Waals surface area contributed by atoms with E-state index in [-0.39, 0.29) is 5.91 Å². The lowest BCUT2D eigenvalue weighted by molar-refractivity contribution is 0.0949. The minimum Gasteiger partial charge on any atom is -0.352 e. The Kier molecular flexibility index (Phi) is 4.47. The largest absolute Gasteiger partial charge is 0.352 e. The topological polar surface area (TPSA) is 68.0 Å². The van der Waals surface area contributed by atoms with E-state index in [0.29, 0.717) is 24.6 Å². The van der Waals surface area contributed by atoms with Gasteiger partial charge in [0.05, 0.1) is 5.52 Å². The SMILES string of the molecule is CC(CCN)CNC(=O)c1cccc2ncccc12. The lowest BCUT2D eigenvalue weighted by atomic mass is 10.1. The van der Waals surface area contributed by atoms with Crippen molar-refractivity contribution >= 4 is 16.8 Å². The standard InChI is InChI=1S/C15H19N3O/c1-11(7-8-16)10-18-15(19)13-4-2-6-14-12(13)5-3-9-17-14/h2-6,9,11H,7-8,10,16H2,1H3,(H,18,19). The molecule has 0 aliphatic rings. The summed E-state index contributed by atoms with van der Waals surface area (Å²) in [6, 6.07) is 9.35. The molecule has 2 rings (SSSR count). The summed E-state index contributed by atoms with van der Waals surface area (Å²) in [7, 11) is 0. The highest BCUT2D eigenvalue weighted by molar-refractivity contribution is 6.06. The summed E-state index contributed by atoms with van der Waals surface area (Å²) < 4.78 is 0. The number of nitrogens with one attached hydrogen (secondary N) is 1. The van der Waals surface area contributed by atoms with Gasteiger partial charge in [-0.05, 0) is 37.1 Å². The molecule has 1 atom stereocenters. The van der Waals surface area contributed by atoms with E-state index in [1.165, 1.54) is 0 Å². The Morgan fingerprint density at radius 3 is 3.00 bits per heavy atom. The van der Waals surface area contributed by atoms with Gasteiger partial charge in [0.25, 0.3) is 5.91 Å². The number of amides is 1. The van der Waals surface area contributed by atoms with E-state index in [4.69, 9.17) is 5.73 Å². The molecule has 0 radical (unpaired) electrons. The van der Waals surface area contributed by atoms with Gasteiger partial charge in [0.15, 0.2) is 0 Å². The van der Waals surface area contributed by atoms with Crippen LogP contribution in [0.4, 0.5) is 0 Å². The minimum atomic E-state index is -0.0533. The van der Waals surface area contributed by atoms with Crippen molar-refractivity contribution in [3.63, 3.8) is 0 Å². The highest BCUT2D eigenvalue weighted by atomic mass is 16.1. The van der Waals surface area contributed by atoms with Crippen molar-refractivity contribution in [2.75, 3.05) is 13.1 Å². The van der Waals surface area contributed by atoms with Gasteiger partial charge in [-0.25, -0.2) is 0 Å². The second-order valence-electron chi connectivity index (χ2n) is 4.77. The minimum absolute atomic E-state index is 0.0533. The summed E-state index contributed by atoms with van der Waals surface area (Å²) in [4.78, 5) is 16.4. The molecule has 0 aliphatic carbocycles. The fourth-order valence-corrected chi connectivity index (χ4v) is 2.05. The van der Waals surface area contributed by atoms with Gasteiger partial charge >= 0.3 is 0 Å². The fraction of sp³-hybridized carbons (Fsp3) is 0.333. The summed E-state index contributed by atoms with van der Waals surface area (Å²) in [5, 5.41) is 3.84. The average Bonchev–Trinajstić information content (AvgIpc) is 2.44. The summed E-state index contributed by atoms with van der Waals surface area (Å²) in [6.07, 6.45) is 2.64. The second-order valence-corrected chi connectivity index (χ2v) is 4.77. The molecule has 0 spiro atoms. The number of fused-ring (bicyclic) bond motifs is 1. The Morgan fingerprint density at radius 1 is 1.37 bits per heavy atom. The Labute approximate surface area is 113 Å². The van der Waals surface area contributed by atoms with Crippen molar-refractivity contribution in [1.82, 2.24) is 10.3 Å². The quantitative estimate of drug-likeness (QED) is 0.860. The van der Waals surface area contributed by atoms with E-state index in [1.807, 2.05) is 30.3 Å². The molecule has 2 aromatic rings. The highest BCUT2D eigenvalue weighted by Crippen LogP contribution is 2.16. The Hall–Kier alpha value is -1.94. The zero-order valence-corrected chi connectivity index (χ0v) is 11.1. The summed E-state index contributed by atoms with van der Waals surface area (Å²) >= 11 is 0. The van der Waals surface area contributed by atoms with Crippen LogP contribution in [0.2, 0.25) is 0 Å². The first-order valence-corrected chi connectivity index (χ1v) is 6.54. The Bertz CT molecular complexity index is 563. The van der Waals surface area contributed by atoms with E-state index in [9.17, 15) is 4.79 Å². The van der Waals surface area contributed by atoms with Crippen LogP contribution in [0.5, 0.6) is 0 Å². The zero-order valence-electron chi connectivity index (χ0n) is 11.1. The van der Waals surface area contributed by atoms with E-state index in [2.05, 4.69) is 17.2 Å². The molecule has 1 aromatic carbocycles. The average molecular weight is 257 g/mol. The second kappa shape index (κ2) is 6.29. The number of carbonyl (C=O) groups is 1. The molecule has 1 heterocycles.